The number of carbonyl (C=O) groups excluding carboxylic acids is 1. The van der Waals surface area contributed by atoms with E-state index in [-0.39, 0.29) is 5.91 Å². The average Bonchev–Trinajstić information content (AvgIpc) is 2.94. The van der Waals surface area contributed by atoms with E-state index in [2.05, 4.69) is 19.4 Å². The maximum Gasteiger partial charge on any atom is 0.256 e. The Morgan fingerprint density at radius 1 is 0.966 bits per heavy atom. The number of anilines is 1. The molecule has 5 heterocycles. The van der Waals surface area contributed by atoms with E-state index in [9.17, 15) is 4.79 Å². The topological polar surface area (TPSA) is 80.0 Å². The summed E-state index contributed by atoms with van der Waals surface area (Å²) in [5, 5.41) is 0. The summed E-state index contributed by atoms with van der Waals surface area (Å²) < 4.78 is 2.22. The maximum atomic E-state index is 13.4. The number of hydrogen-bond acceptors (Lipinski definition) is 6. The molecule has 0 atom stereocenters. The molecule has 29 heavy (non-hydrogen) atoms. The molecule has 0 radical (unpaired) electrons. The van der Waals surface area contributed by atoms with Gasteiger partial charge in [0.1, 0.15) is 11.3 Å². The minimum atomic E-state index is 0.0439. The Balaban J connectivity index is 1.41. The molecule has 1 saturated heterocycles. The SMILES string of the molecule is Cc1cc(C(=O)N2CCN(c3ncccn3)CC2)c2nc3n(c2n1)CCCCC3. The van der Waals surface area contributed by atoms with Gasteiger partial charge in [-0.25, -0.2) is 19.9 Å². The minimum Gasteiger partial charge on any atom is -0.337 e. The molecule has 8 nitrogen and oxygen atoms in total. The second kappa shape index (κ2) is 7.42. The van der Waals surface area contributed by atoms with Gasteiger partial charge in [0.15, 0.2) is 5.65 Å². The number of rotatable bonds is 2. The van der Waals surface area contributed by atoms with Gasteiger partial charge in [-0.3, -0.25) is 4.79 Å². The summed E-state index contributed by atoms with van der Waals surface area (Å²) in [5.41, 5.74) is 3.16. The van der Waals surface area contributed by atoms with Crippen LogP contribution in [0, 0.1) is 6.92 Å². The lowest BCUT2D eigenvalue weighted by atomic mass is 10.1. The van der Waals surface area contributed by atoms with Gasteiger partial charge >= 0.3 is 0 Å². The smallest absolute Gasteiger partial charge is 0.256 e. The number of piperazine rings is 1. The third kappa shape index (κ3) is 3.32. The van der Waals surface area contributed by atoms with Crippen molar-refractivity contribution in [3.63, 3.8) is 0 Å². The number of imidazole rings is 1. The fourth-order valence-corrected chi connectivity index (χ4v) is 4.31. The highest BCUT2D eigenvalue weighted by molar-refractivity contribution is 6.04. The van der Waals surface area contributed by atoms with E-state index in [0.717, 1.165) is 67.5 Å². The molecule has 0 saturated carbocycles. The van der Waals surface area contributed by atoms with Crippen molar-refractivity contribution < 1.29 is 4.79 Å². The average molecular weight is 391 g/mol. The van der Waals surface area contributed by atoms with Gasteiger partial charge in [0.05, 0.1) is 5.56 Å². The van der Waals surface area contributed by atoms with Crippen LogP contribution in [0.3, 0.4) is 0 Å². The zero-order valence-electron chi connectivity index (χ0n) is 16.7. The molecule has 0 N–H and O–H groups in total. The monoisotopic (exact) mass is 391 g/mol. The highest BCUT2D eigenvalue weighted by atomic mass is 16.2. The lowest BCUT2D eigenvalue weighted by molar-refractivity contribution is 0.0748. The van der Waals surface area contributed by atoms with Crippen molar-refractivity contribution in [2.24, 2.45) is 0 Å². The Bertz CT molecular complexity index is 1040. The molecular formula is C21H25N7O. The highest BCUT2D eigenvalue weighted by Crippen LogP contribution is 2.25. The minimum absolute atomic E-state index is 0.0439. The standard InChI is InChI=1S/C21H25N7O/c1-15-14-16(18-19(24-15)28-9-4-2-3-6-17(28)25-18)20(29)26-10-12-27(13-11-26)21-22-7-5-8-23-21/h5,7-8,14H,2-4,6,9-13H2,1H3. The molecule has 0 spiro atoms. The summed E-state index contributed by atoms with van der Waals surface area (Å²) in [7, 11) is 0. The summed E-state index contributed by atoms with van der Waals surface area (Å²) in [6.45, 7) is 5.63. The number of pyridine rings is 1. The second-order valence-electron chi connectivity index (χ2n) is 7.80. The Kier molecular flexibility index (Phi) is 4.61. The number of hydrogen-bond donors (Lipinski definition) is 0. The molecule has 8 heteroatoms. The zero-order valence-corrected chi connectivity index (χ0v) is 16.7. The van der Waals surface area contributed by atoms with Crippen LogP contribution >= 0.6 is 0 Å². The Labute approximate surface area is 169 Å². The molecular weight excluding hydrogens is 366 g/mol. The van der Waals surface area contributed by atoms with E-state index in [1.54, 1.807) is 12.4 Å². The van der Waals surface area contributed by atoms with E-state index in [1.807, 2.05) is 24.0 Å². The number of aromatic nitrogens is 5. The van der Waals surface area contributed by atoms with Gasteiger partial charge in [-0.05, 0) is 31.9 Å². The fraction of sp³-hybridized carbons (Fsp3) is 0.476. The van der Waals surface area contributed by atoms with E-state index < -0.39 is 0 Å². The van der Waals surface area contributed by atoms with Crippen molar-refractivity contribution >= 4 is 23.0 Å². The van der Waals surface area contributed by atoms with Crippen LogP contribution in [0.4, 0.5) is 5.95 Å². The van der Waals surface area contributed by atoms with Crippen molar-refractivity contribution in [1.82, 2.24) is 29.4 Å². The van der Waals surface area contributed by atoms with Crippen LogP contribution in [0.2, 0.25) is 0 Å². The number of nitrogens with zero attached hydrogens (tertiary/aromatic N) is 7. The zero-order chi connectivity index (χ0) is 19.8. The maximum absolute atomic E-state index is 13.4. The first-order chi connectivity index (χ1) is 14.2. The number of amides is 1. The van der Waals surface area contributed by atoms with Gasteiger partial charge in [-0.1, -0.05) is 6.42 Å². The first-order valence-electron chi connectivity index (χ1n) is 10.4. The molecule has 0 aromatic carbocycles. The lowest BCUT2D eigenvalue weighted by Gasteiger charge is -2.34. The Hall–Kier alpha value is -3.03. The van der Waals surface area contributed by atoms with E-state index >= 15 is 0 Å². The molecule has 3 aromatic rings. The van der Waals surface area contributed by atoms with Gasteiger partial charge < -0.3 is 14.4 Å². The van der Waals surface area contributed by atoms with Crippen molar-refractivity contribution in [1.29, 1.82) is 0 Å². The lowest BCUT2D eigenvalue weighted by Crippen LogP contribution is -2.49. The summed E-state index contributed by atoms with van der Waals surface area (Å²) in [4.78, 5) is 35.7. The quantitative estimate of drug-likeness (QED) is 0.666. The van der Waals surface area contributed by atoms with Crippen LogP contribution in [0.5, 0.6) is 0 Å². The Morgan fingerprint density at radius 3 is 2.55 bits per heavy atom. The van der Waals surface area contributed by atoms with Crippen LogP contribution in [0.1, 0.15) is 41.1 Å². The molecule has 2 aliphatic rings. The third-order valence-electron chi connectivity index (χ3n) is 5.82. The molecule has 0 aliphatic carbocycles. The van der Waals surface area contributed by atoms with Crippen LogP contribution < -0.4 is 4.90 Å². The van der Waals surface area contributed by atoms with Gasteiger partial charge in [0.2, 0.25) is 5.95 Å². The second-order valence-corrected chi connectivity index (χ2v) is 7.80. The summed E-state index contributed by atoms with van der Waals surface area (Å²) in [6.07, 6.45) is 7.96. The summed E-state index contributed by atoms with van der Waals surface area (Å²) in [6, 6.07) is 3.71. The Morgan fingerprint density at radius 2 is 1.76 bits per heavy atom. The summed E-state index contributed by atoms with van der Waals surface area (Å²) in [5.74, 6) is 1.83. The van der Waals surface area contributed by atoms with Crippen LogP contribution in [0.15, 0.2) is 24.5 Å². The fourth-order valence-electron chi connectivity index (χ4n) is 4.31. The number of aryl methyl sites for hydroxylation is 3. The van der Waals surface area contributed by atoms with Gasteiger partial charge in [-0.2, -0.15) is 0 Å². The van der Waals surface area contributed by atoms with Gasteiger partial charge in [-0.15, -0.1) is 0 Å². The van der Waals surface area contributed by atoms with Crippen molar-refractivity contribution in [2.45, 2.75) is 39.2 Å². The van der Waals surface area contributed by atoms with Gasteiger partial charge in [0.25, 0.3) is 5.91 Å². The largest absolute Gasteiger partial charge is 0.337 e. The van der Waals surface area contributed by atoms with E-state index in [4.69, 9.17) is 9.97 Å². The predicted octanol–water partition coefficient (Wildman–Crippen LogP) is 2.22. The molecule has 1 amide bonds. The van der Waals surface area contributed by atoms with E-state index in [0.29, 0.717) is 18.7 Å². The van der Waals surface area contributed by atoms with Crippen molar-refractivity contribution in [3.05, 3.63) is 41.6 Å². The van der Waals surface area contributed by atoms with Crippen molar-refractivity contribution in [3.8, 4) is 0 Å². The molecule has 150 valence electrons. The molecule has 2 aliphatic heterocycles. The van der Waals surface area contributed by atoms with Crippen LogP contribution in [-0.2, 0) is 13.0 Å². The predicted molar refractivity (Wildman–Crippen MR) is 110 cm³/mol. The summed E-state index contributed by atoms with van der Waals surface area (Å²) >= 11 is 0. The van der Waals surface area contributed by atoms with E-state index in [1.165, 1.54) is 6.42 Å². The van der Waals surface area contributed by atoms with Crippen molar-refractivity contribution in [2.75, 3.05) is 31.1 Å². The van der Waals surface area contributed by atoms with Crippen LogP contribution in [0.25, 0.3) is 11.2 Å². The normalized spacial score (nSPS) is 17.3. The highest BCUT2D eigenvalue weighted by Gasteiger charge is 2.27. The number of fused-ring (bicyclic) bond motifs is 3. The number of carbonyl (C=O) groups is 1. The molecule has 0 unspecified atom stereocenters. The van der Waals surface area contributed by atoms with Crippen LogP contribution in [-0.4, -0.2) is 61.5 Å². The third-order valence-corrected chi connectivity index (χ3v) is 5.82. The molecule has 3 aromatic heterocycles. The van der Waals surface area contributed by atoms with Gasteiger partial charge in [0, 0.05) is 57.2 Å². The first-order valence-corrected chi connectivity index (χ1v) is 10.4. The molecule has 5 rings (SSSR count). The first kappa shape index (κ1) is 18.0. The molecule has 0 bridgehead atoms. The molecule has 1 fully saturated rings.